The summed E-state index contributed by atoms with van der Waals surface area (Å²) < 4.78 is 15.9. The number of methoxy groups -OCH3 is 2. The van der Waals surface area contributed by atoms with Gasteiger partial charge in [-0.25, -0.2) is 4.79 Å². The highest BCUT2D eigenvalue weighted by atomic mass is 16.5. The maximum atomic E-state index is 12.0. The van der Waals surface area contributed by atoms with Crippen LogP contribution in [0, 0.1) is 0 Å². The van der Waals surface area contributed by atoms with Crippen LogP contribution in [-0.2, 0) is 9.53 Å². The fraction of sp³-hybridized carbons (Fsp3) is 0.211. The van der Waals surface area contributed by atoms with Crippen molar-refractivity contribution in [3.05, 3.63) is 65.7 Å². The number of esters is 1. The quantitative estimate of drug-likeness (QED) is 0.597. The molecule has 4 heteroatoms. The van der Waals surface area contributed by atoms with Crippen LogP contribution in [0.3, 0.4) is 0 Å². The van der Waals surface area contributed by atoms with Gasteiger partial charge in [0.15, 0.2) is 11.5 Å². The highest BCUT2D eigenvalue weighted by molar-refractivity contribution is 5.88. The van der Waals surface area contributed by atoms with Crippen molar-refractivity contribution < 1.29 is 19.0 Å². The summed E-state index contributed by atoms with van der Waals surface area (Å²) in [6.45, 7) is 1.84. The number of rotatable bonds is 6. The molecule has 4 nitrogen and oxygen atoms in total. The number of carbonyl (C=O) groups excluding carboxylic acids is 1. The van der Waals surface area contributed by atoms with E-state index in [2.05, 4.69) is 0 Å². The van der Waals surface area contributed by atoms with E-state index >= 15 is 0 Å². The maximum Gasteiger partial charge on any atom is 0.331 e. The third-order valence-electron chi connectivity index (χ3n) is 3.39. The molecule has 0 spiro atoms. The molecule has 1 atom stereocenters. The molecule has 0 saturated heterocycles. The average molecular weight is 312 g/mol. The van der Waals surface area contributed by atoms with E-state index in [0.29, 0.717) is 11.5 Å². The van der Waals surface area contributed by atoms with Gasteiger partial charge in [0.1, 0.15) is 6.10 Å². The molecule has 2 aromatic rings. The summed E-state index contributed by atoms with van der Waals surface area (Å²) in [4.78, 5) is 12.0. The molecule has 0 N–H and O–H groups in total. The molecule has 0 bridgehead atoms. The third kappa shape index (κ3) is 4.36. The van der Waals surface area contributed by atoms with Crippen molar-refractivity contribution in [2.45, 2.75) is 13.0 Å². The minimum Gasteiger partial charge on any atom is -0.493 e. The Morgan fingerprint density at radius 3 is 2.39 bits per heavy atom. The zero-order valence-corrected chi connectivity index (χ0v) is 13.5. The lowest BCUT2D eigenvalue weighted by Gasteiger charge is -2.12. The van der Waals surface area contributed by atoms with Crippen molar-refractivity contribution in [3.63, 3.8) is 0 Å². The second kappa shape index (κ2) is 8.03. The minimum atomic E-state index is -0.411. The van der Waals surface area contributed by atoms with E-state index in [9.17, 15) is 4.79 Å². The second-order valence-electron chi connectivity index (χ2n) is 4.91. The third-order valence-corrected chi connectivity index (χ3v) is 3.39. The lowest BCUT2D eigenvalue weighted by Crippen LogP contribution is -2.05. The van der Waals surface area contributed by atoms with Crippen LogP contribution in [0.2, 0.25) is 0 Å². The first-order valence-corrected chi connectivity index (χ1v) is 7.30. The Balaban J connectivity index is 2.07. The molecule has 0 saturated carbocycles. The largest absolute Gasteiger partial charge is 0.493 e. The van der Waals surface area contributed by atoms with Gasteiger partial charge >= 0.3 is 5.97 Å². The zero-order valence-electron chi connectivity index (χ0n) is 13.5. The highest BCUT2D eigenvalue weighted by Crippen LogP contribution is 2.31. The van der Waals surface area contributed by atoms with Gasteiger partial charge in [0, 0.05) is 11.6 Å². The van der Waals surface area contributed by atoms with Gasteiger partial charge in [0.2, 0.25) is 0 Å². The van der Waals surface area contributed by atoms with Crippen LogP contribution < -0.4 is 9.47 Å². The van der Waals surface area contributed by atoms with Gasteiger partial charge in [-0.1, -0.05) is 42.5 Å². The molecule has 120 valence electrons. The number of ether oxygens (including phenoxy) is 3. The van der Waals surface area contributed by atoms with E-state index in [1.165, 1.54) is 6.08 Å². The lowest BCUT2D eigenvalue weighted by molar-refractivity contribution is -0.142. The van der Waals surface area contributed by atoms with Gasteiger partial charge in [0.05, 0.1) is 14.2 Å². The van der Waals surface area contributed by atoms with Gasteiger partial charge in [-0.2, -0.15) is 0 Å². The van der Waals surface area contributed by atoms with Crippen LogP contribution in [0.4, 0.5) is 0 Å². The molecule has 0 heterocycles. The summed E-state index contributed by atoms with van der Waals surface area (Å²) in [6, 6.07) is 15.1. The monoisotopic (exact) mass is 312 g/mol. The molecule has 0 amide bonds. The Labute approximate surface area is 136 Å². The number of hydrogen-bond donors (Lipinski definition) is 0. The van der Waals surface area contributed by atoms with Gasteiger partial charge in [0.25, 0.3) is 0 Å². The first-order valence-electron chi connectivity index (χ1n) is 7.30. The molecule has 2 rings (SSSR count). The Morgan fingerprint density at radius 2 is 1.74 bits per heavy atom. The lowest BCUT2D eigenvalue weighted by atomic mass is 10.1. The maximum absolute atomic E-state index is 12.0. The standard InChI is InChI=1S/C19H20O4/c1-14(15-8-5-4-6-9-15)23-18(20)13-12-16-10-7-11-17(21-2)19(16)22-3/h4-14H,1-3H3/b13-12+. The molecule has 23 heavy (non-hydrogen) atoms. The van der Waals surface area contributed by atoms with Crippen molar-refractivity contribution in [1.82, 2.24) is 0 Å². The summed E-state index contributed by atoms with van der Waals surface area (Å²) >= 11 is 0. The van der Waals surface area contributed by atoms with Gasteiger partial charge in [-0.15, -0.1) is 0 Å². The number of benzene rings is 2. The zero-order chi connectivity index (χ0) is 16.7. The molecule has 0 aromatic heterocycles. The smallest absolute Gasteiger partial charge is 0.331 e. The van der Waals surface area contributed by atoms with Crippen molar-refractivity contribution in [3.8, 4) is 11.5 Å². The van der Waals surface area contributed by atoms with E-state index in [-0.39, 0.29) is 6.10 Å². The Bertz CT molecular complexity index is 677. The Kier molecular flexibility index (Phi) is 5.80. The number of para-hydroxylation sites is 1. The van der Waals surface area contributed by atoms with Crippen molar-refractivity contribution in [1.29, 1.82) is 0 Å². The molecule has 0 aliphatic rings. The molecule has 0 fully saturated rings. The molecular formula is C19H20O4. The van der Waals surface area contributed by atoms with E-state index in [1.807, 2.05) is 49.4 Å². The second-order valence-corrected chi connectivity index (χ2v) is 4.91. The average Bonchev–Trinajstić information content (AvgIpc) is 2.60. The van der Waals surface area contributed by atoms with Crippen LogP contribution in [-0.4, -0.2) is 20.2 Å². The van der Waals surface area contributed by atoms with Crippen molar-refractivity contribution in [2.75, 3.05) is 14.2 Å². The number of hydrogen-bond acceptors (Lipinski definition) is 4. The summed E-state index contributed by atoms with van der Waals surface area (Å²) in [5.41, 5.74) is 1.70. The summed E-state index contributed by atoms with van der Waals surface area (Å²) in [5, 5.41) is 0. The molecule has 0 aliphatic heterocycles. The van der Waals surface area contributed by atoms with Gasteiger partial charge in [-0.05, 0) is 24.6 Å². The van der Waals surface area contributed by atoms with E-state index in [0.717, 1.165) is 11.1 Å². The number of carbonyl (C=O) groups is 1. The minimum absolute atomic E-state index is 0.305. The fourth-order valence-corrected chi connectivity index (χ4v) is 2.21. The van der Waals surface area contributed by atoms with Crippen molar-refractivity contribution >= 4 is 12.0 Å². The SMILES string of the molecule is COc1cccc(/C=C/C(=O)OC(C)c2ccccc2)c1OC. The molecule has 0 radical (unpaired) electrons. The summed E-state index contributed by atoms with van der Waals surface area (Å²) in [6.07, 6.45) is 2.73. The van der Waals surface area contributed by atoms with Crippen LogP contribution in [0.1, 0.15) is 24.2 Å². The van der Waals surface area contributed by atoms with Crippen LogP contribution >= 0.6 is 0 Å². The van der Waals surface area contributed by atoms with E-state index in [1.54, 1.807) is 26.4 Å². The van der Waals surface area contributed by atoms with Crippen LogP contribution in [0.15, 0.2) is 54.6 Å². The Hall–Kier alpha value is -2.75. The first kappa shape index (κ1) is 16.6. The first-order chi connectivity index (χ1) is 11.2. The summed E-state index contributed by atoms with van der Waals surface area (Å²) in [5.74, 6) is 0.780. The van der Waals surface area contributed by atoms with Crippen molar-refractivity contribution in [2.24, 2.45) is 0 Å². The van der Waals surface area contributed by atoms with Crippen LogP contribution in [0.5, 0.6) is 11.5 Å². The molecule has 0 aliphatic carbocycles. The topological polar surface area (TPSA) is 44.8 Å². The van der Waals surface area contributed by atoms with Crippen LogP contribution in [0.25, 0.3) is 6.08 Å². The molecule has 1 unspecified atom stereocenters. The van der Waals surface area contributed by atoms with E-state index < -0.39 is 5.97 Å². The van der Waals surface area contributed by atoms with E-state index in [4.69, 9.17) is 14.2 Å². The molecule has 2 aromatic carbocycles. The Morgan fingerprint density at radius 1 is 1.00 bits per heavy atom. The van der Waals surface area contributed by atoms with Gasteiger partial charge < -0.3 is 14.2 Å². The highest BCUT2D eigenvalue weighted by Gasteiger charge is 2.10. The van der Waals surface area contributed by atoms with Gasteiger partial charge in [-0.3, -0.25) is 0 Å². The summed E-state index contributed by atoms with van der Waals surface area (Å²) in [7, 11) is 3.13. The molecular weight excluding hydrogens is 292 g/mol. The predicted molar refractivity (Wildman–Crippen MR) is 89.5 cm³/mol. The predicted octanol–water partition coefficient (Wildman–Crippen LogP) is 4.02. The fourth-order valence-electron chi connectivity index (χ4n) is 2.21. The normalized spacial score (nSPS) is 12.0.